The van der Waals surface area contributed by atoms with Crippen molar-refractivity contribution in [3.8, 4) is 6.07 Å². The zero-order valence-electron chi connectivity index (χ0n) is 11.2. The Bertz CT molecular complexity index is 537. The first-order chi connectivity index (χ1) is 9.71. The predicted octanol–water partition coefficient (Wildman–Crippen LogP) is 3.68. The van der Waals surface area contributed by atoms with Crippen LogP contribution >= 0.6 is 23.4 Å². The van der Waals surface area contributed by atoms with Gasteiger partial charge in [-0.2, -0.15) is 17.0 Å². The molecule has 1 N–H and O–H groups in total. The second-order valence-corrected chi connectivity index (χ2v) is 7.01. The van der Waals surface area contributed by atoms with Gasteiger partial charge in [0.2, 0.25) is 0 Å². The van der Waals surface area contributed by atoms with Gasteiger partial charge in [0.25, 0.3) is 0 Å². The van der Waals surface area contributed by atoms with E-state index in [2.05, 4.69) is 11.4 Å². The lowest BCUT2D eigenvalue weighted by atomic mass is 9.89. The van der Waals surface area contributed by atoms with Crippen LogP contribution in [-0.2, 0) is 4.74 Å². The van der Waals surface area contributed by atoms with E-state index in [0.717, 1.165) is 37.3 Å². The summed E-state index contributed by atoms with van der Waals surface area (Å²) >= 11 is 8.01. The van der Waals surface area contributed by atoms with Crippen molar-refractivity contribution in [3.63, 3.8) is 0 Å². The minimum Gasteiger partial charge on any atom is -0.381 e. The highest BCUT2D eigenvalue weighted by molar-refractivity contribution is 7.99. The quantitative estimate of drug-likeness (QED) is 0.905. The molecule has 1 aromatic rings. The van der Waals surface area contributed by atoms with E-state index in [1.54, 1.807) is 12.1 Å². The van der Waals surface area contributed by atoms with Crippen LogP contribution in [0.2, 0.25) is 5.02 Å². The van der Waals surface area contributed by atoms with Crippen LogP contribution in [0.5, 0.6) is 0 Å². The van der Waals surface area contributed by atoms with Crippen molar-refractivity contribution >= 4 is 29.1 Å². The van der Waals surface area contributed by atoms with Gasteiger partial charge in [-0.25, -0.2) is 0 Å². The highest BCUT2D eigenvalue weighted by Crippen LogP contribution is 2.39. The Morgan fingerprint density at radius 2 is 2.40 bits per heavy atom. The molecule has 1 spiro atoms. The Hall–Kier alpha value is -0.890. The molecule has 0 radical (unpaired) electrons. The minimum atomic E-state index is 0.0476. The first-order valence-corrected chi connectivity index (χ1v) is 8.42. The van der Waals surface area contributed by atoms with Crippen LogP contribution in [0.15, 0.2) is 18.2 Å². The molecule has 2 atom stereocenters. The van der Waals surface area contributed by atoms with Crippen LogP contribution < -0.4 is 5.32 Å². The van der Waals surface area contributed by atoms with Gasteiger partial charge in [0.05, 0.1) is 16.9 Å². The Labute approximate surface area is 128 Å². The summed E-state index contributed by atoms with van der Waals surface area (Å²) in [6.45, 7) is 0.792. The molecule has 3 rings (SSSR count). The molecule has 1 aromatic carbocycles. The van der Waals surface area contributed by atoms with E-state index < -0.39 is 0 Å². The van der Waals surface area contributed by atoms with E-state index in [1.807, 2.05) is 17.8 Å². The zero-order valence-corrected chi connectivity index (χ0v) is 12.8. The summed E-state index contributed by atoms with van der Waals surface area (Å²) < 4.78 is 6.02. The molecule has 5 heteroatoms. The van der Waals surface area contributed by atoms with Crippen LogP contribution in [-0.4, -0.2) is 29.8 Å². The standard InChI is InChI=1S/C15H17ClN2OS/c16-12-2-1-11(9-17)14(7-12)18-13-3-5-19-15(8-13)4-6-20-10-15/h1-2,7,13,18H,3-6,8,10H2. The van der Waals surface area contributed by atoms with Gasteiger partial charge >= 0.3 is 0 Å². The van der Waals surface area contributed by atoms with Gasteiger partial charge in [-0.15, -0.1) is 0 Å². The summed E-state index contributed by atoms with van der Waals surface area (Å²) in [6.07, 6.45) is 3.12. The van der Waals surface area contributed by atoms with Gasteiger partial charge in [-0.3, -0.25) is 0 Å². The van der Waals surface area contributed by atoms with E-state index in [-0.39, 0.29) is 5.60 Å². The monoisotopic (exact) mass is 308 g/mol. The zero-order chi connectivity index (χ0) is 14.0. The summed E-state index contributed by atoms with van der Waals surface area (Å²) in [6, 6.07) is 7.93. The topological polar surface area (TPSA) is 45.0 Å². The summed E-state index contributed by atoms with van der Waals surface area (Å²) in [5.41, 5.74) is 1.54. The molecule has 2 aliphatic heterocycles. The Kier molecular flexibility index (Phi) is 4.11. The van der Waals surface area contributed by atoms with E-state index in [9.17, 15) is 5.26 Å². The number of rotatable bonds is 2. The SMILES string of the molecule is N#Cc1ccc(Cl)cc1NC1CCOC2(CCSC2)C1. The van der Waals surface area contributed by atoms with Crippen molar-refractivity contribution < 1.29 is 4.74 Å². The van der Waals surface area contributed by atoms with Crippen molar-refractivity contribution in [3.05, 3.63) is 28.8 Å². The molecule has 106 valence electrons. The number of ether oxygens (including phenoxy) is 1. The molecule has 2 saturated heterocycles. The van der Waals surface area contributed by atoms with Crippen LogP contribution in [0.3, 0.4) is 0 Å². The number of benzene rings is 1. The van der Waals surface area contributed by atoms with Gasteiger partial charge in [-0.05, 0) is 43.2 Å². The van der Waals surface area contributed by atoms with E-state index >= 15 is 0 Å². The van der Waals surface area contributed by atoms with Crippen molar-refractivity contribution in [1.82, 2.24) is 0 Å². The second-order valence-electron chi connectivity index (χ2n) is 5.47. The maximum absolute atomic E-state index is 9.18. The molecule has 0 bridgehead atoms. The molecule has 0 saturated carbocycles. The lowest BCUT2D eigenvalue weighted by molar-refractivity contribution is -0.0628. The smallest absolute Gasteiger partial charge is 0.101 e. The average Bonchev–Trinajstić information content (AvgIpc) is 2.87. The fourth-order valence-electron chi connectivity index (χ4n) is 2.97. The minimum absolute atomic E-state index is 0.0476. The lowest BCUT2D eigenvalue weighted by Crippen LogP contribution is -2.44. The molecule has 0 amide bonds. The van der Waals surface area contributed by atoms with Crippen LogP contribution in [0.1, 0.15) is 24.8 Å². The normalized spacial score (nSPS) is 29.3. The average molecular weight is 309 g/mol. The number of halogens is 1. The van der Waals surface area contributed by atoms with Crippen molar-refractivity contribution in [2.24, 2.45) is 0 Å². The summed E-state index contributed by atoms with van der Waals surface area (Å²) in [5, 5.41) is 13.3. The molecule has 2 heterocycles. The Morgan fingerprint density at radius 3 is 3.15 bits per heavy atom. The third kappa shape index (κ3) is 2.90. The summed E-state index contributed by atoms with van der Waals surface area (Å²) in [7, 11) is 0. The molecular weight excluding hydrogens is 292 g/mol. The molecule has 0 aromatic heterocycles. The number of thioether (sulfide) groups is 1. The number of hydrogen-bond donors (Lipinski definition) is 1. The maximum atomic E-state index is 9.18. The van der Waals surface area contributed by atoms with Crippen LogP contribution in [0.25, 0.3) is 0 Å². The van der Waals surface area contributed by atoms with E-state index in [4.69, 9.17) is 16.3 Å². The van der Waals surface area contributed by atoms with Crippen molar-refractivity contribution in [2.45, 2.75) is 30.9 Å². The molecule has 0 aliphatic carbocycles. The van der Waals surface area contributed by atoms with Gasteiger partial charge < -0.3 is 10.1 Å². The highest BCUT2D eigenvalue weighted by atomic mass is 35.5. The van der Waals surface area contributed by atoms with Gasteiger partial charge in [0.1, 0.15) is 6.07 Å². The maximum Gasteiger partial charge on any atom is 0.101 e. The highest BCUT2D eigenvalue weighted by Gasteiger charge is 2.40. The molecule has 2 unspecified atom stereocenters. The molecule has 2 aliphatic rings. The number of hydrogen-bond acceptors (Lipinski definition) is 4. The second kappa shape index (κ2) is 5.85. The van der Waals surface area contributed by atoms with Crippen LogP contribution in [0.4, 0.5) is 5.69 Å². The molecule has 3 nitrogen and oxygen atoms in total. The predicted molar refractivity (Wildman–Crippen MR) is 83.4 cm³/mol. The van der Waals surface area contributed by atoms with Gasteiger partial charge in [-0.1, -0.05) is 11.6 Å². The summed E-state index contributed by atoms with van der Waals surface area (Å²) in [4.78, 5) is 0. The van der Waals surface area contributed by atoms with Crippen molar-refractivity contribution in [1.29, 1.82) is 5.26 Å². The molecular formula is C15H17ClN2OS. The fraction of sp³-hybridized carbons (Fsp3) is 0.533. The fourth-order valence-corrected chi connectivity index (χ4v) is 4.52. The number of nitrogens with zero attached hydrogens (tertiary/aromatic N) is 1. The van der Waals surface area contributed by atoms with E-state index in [0.29, 0.717) is 16.6 Å². The van der Waals surface area contributed by atoms with Crippen molar-refractivity contribution in [2.75, 3.05) is 23.4 Å². The summed E-state index contributed by atoms with van der Waals surface area (Å²) in [5.74, 6) is 2.28. The Balaban J connectivity index is 1.74. The number of anilines is 1. The van der Waals surface area contributed by atoms with E-state index in [1.165, 1.54) is 5.75 Å². The molecule has 2 fully saturated rings. The lowest BCUT2D eigenvalue weighted by Gasteiger charge is -2.38. The third-order valence-corrected chi connectivity index (χ3v) is 5.48. The first-order valence-electron chi connectivity index (χ1n) is 6.89. The van der Waals surface area contributed by atoms with Crippen LogP contribution in [0, 0.1) is 11.3 Å². The molecule has 20 heavy (non-hydrogen) atoms. The third-order valence-electron chi connectivity index (χ3n) is 4.02. The largest absolute Gasteiger partial charge is 0.381 e. The van der Waals surface area contributed by atoms with Gasteiger partial charge in [0.15, 0.2) is 0 Å². The first kappa shape index (κ1) is 14.1. The number of nitriles is 1. The Morgan fingerprint density at radius 1 is 1.50 bits per heavy atom. The van der Waals surface area contributed by atoms with Gasteiger partial charge in [0, 0.05) is 23.4 Å². The number of nitrogens with one attached hydrogen (secondary N) is 1.